The zero-order valence-corrected chi connectivity index (χ0v) is 6.36. The highest BCUT2D eigenvalue weighted by Gasteiger charge is 1.88. The summed E-state index contributed by atoms with van der Waals surface area (Å²) in [5.74, 6) is 0. The Bertz CT molecular complexity index is 370. The van der Waals surface area contributed by atoms with Gasteiger partial charge < -0.3 is 0 Å². The van der Waals surface area contributed by atoms with Gasteiger partial charge in [-0.2, -0.15) is 0 Å². The molecule has 2 aromatic rings. The van der Waals surface area contributed by atoms with Crippen LogP contribution < -0.4 is 0 Å². The van der Waals surface area contributed by atoms with E-state index in [1.807, 2.05) is 36.4 Å². The van der Waals surface area contributed by atoms with Gasteiger partial charge in [-0.05, 0) is 12.1 Å². The third-order valence-corrected chi connectivity index (χ3v) is 1.54. The minimum absolute atomic E-state index is 0.703. The largest absolute Gasteiger partial charge is 0.289 e. The number of rotatable bonds is 0. The van der Waals surface area contributed by atoms with Crippen molar-refractivity contribution in [2.45, 2.75) is 0 Å². The first-order valence-electron chi connectivity index (χ1n) is 3.65. The van der Waals surface area contributed by atoms with Crippen LogP contribution in [-0.2, 0) is 0 Å². The maximum atomic E-state index is 4.93. The van der Waals surface area contributed by atoms with E-state index < -0.39 is 0 Å². The molecule has 2 rings (SSSR count). The van der Waals surface area contributed by atoms with Gasteiger partial charge in [0.15, 0.2) is 5.58 Å². The van der Waals surface area contributed by atoms with Crippen molar-refractivity contribution in [1.29, 1.82) is 0 Å². The molecule has 59 valence electrons. The molecule has 1 radical (unpaired) electrons. The van der Waals surface area contributed by atoms with Gasteiger partial charge >= 0.3 is 0 Å². The molecule has 2 heteroatoms. The molecule has 0 unspecified atom stereocenters. The van der Waals surface area contributed by atoms with E-state index in [9.17, 15) is 0 Å². The van der Waals surface area contributed by atoms with E-state index in [0.29, 0.717) is 5.58 Å². The molecule has 0 amide bonds. The van der Waals surface area contributed by atoms with E-state index in [4.69, 9.17) is 4.58 Å². The van der Waals surface area contributed by atoms with Gasteiger partial charge in [0.1, 0.15) is 0 Å². The monoisotopic (exact) mass is 159 g/mol. The lowest BCUT2D eigenvalue weighted by Gasteiger charge is -1.88. The normalized spacial score (nSPS) is 9.67. The fourth-order valence-corrected chi connectivity index (χ4v) is 0.982. The first-order chi connectivity index (χ1) is 5.97. The van der Waals surface area contributed by atoms with Gasteiger partial charge in [-0.3, -0.25) is 9.15 Å². The Hall–Kier alpha value is -1.70. The number of fused-ring (bicyclic) bond motifs is 1. The predicted octanol–water partition coefficient (Wildman–Crippen LogP) is 2.95. The molecule has 0 saturated heterocycles. The third-order valence-electron chi connectivity index (χ3n) is 1.54. The van der Waals surface area contributed by atoms with E-state index in [1.54, 1.807) is 6.07 Å². The van der Waals surface area contributed by atoms with E-state index in [0.717, 1.165) is 5.39 Å². The summed E-state index contributed by atoms with van der Waals surface area (Å²) in [6.45, 7) is 0. The number of benzene rings is 1. The molecule has 0 bridgehead atoms. The standard InChI is InChI=1S/C10H7O2/c1-2-7-10-9(5-1)6-3-4-8-11-12-10/h1-7H. The summed E-state index contributed by atoms with van der Waals surface area (Å²) in [7, 11) is 0. The van der Waals surface area contributed by atoms with E-state index >= 15 is 0 Å². The van der Waals surface area contributed by atoms with Gasteiger partial charge in [0.2, 0.25) is 6.26 Å². The Labute approximate surface area is 69.7 Å². The van der Waals surface area contributed by atoms with Crippen molar-refractivity contribution in [3.8, 4) is 0 Å². The van der Waals surface area contributed by atoms with Gasteiger partial charge in [-0.25, -0.2) is 0 Å². The molecular formula is C10H7O2. The minimum Gasteiger partial charge on any atom is -0.289 e. The second-order valence-electron chi connectivity index (χ2n) is 2.35. The maximum absolute atomic E-state index is 4.93. The van der Waals surface area contributed by atoms with Crippen LogP contribution in [0.15, 0.2) is 51.6 Å². The zero-order chi connectivity index (χ0) is 8.23. The van der Waals surface area contributed by atoms with Crippen LogP contribution >= 0.6 is 0 Å². The van der Waals surface area contributed by atoms with Gasteiger partial charge in [0, 0.05) is 5.39 Å². The first-order valence-corrected chi connectivity index (χ1v) is 3.65. The van der Waals surface area contributed by atoms with E-state index in [-0.39, 0.29) is 0 Å². The smallest absolute Gasteiger partial charge is 0.225 e. The van der Waals surface area contributed by atoms with Gasteiger partial charge in [0.25, 0.3) is 0 Å². The molecule has 12 heavy (non-hydrogen) atoms. The summed E-state index contributed by atoms with van der Waals surface area (Å²) in [5.41, 5.74) is 0.703. The molecular weight excluding hydrogens is 152 g/mol. The Balaban J connectivity index is 2.83. The fraction of sp³-hybridized carbons (Fsp3) is 0. The number of para-hydroxylation sites is 1. The molecule has 0 spiro atoms. The molecule has 0 aliphatic heterocycles. The van der Waals surface area contributed by atoms with Crippen LogP contribution in [0.3, 0.4) is 0 Å². The van der Waals surface area contributed by atoms with Gasteiger partial charge in [-0.15, -0.1) is 0 Å². The lowest BCUT2D eigenvalue weighted by molar-refractivity contribution is 0.0650. The zero-order valence-electron chi connectivity index (χ0n) is 6.36. The molecule has 0 aliphatic carbocycles. The highest BCUT2D eigenvalue weighted by molar-refractivity contribution is 5.74. The lowest BCUT2D eigenvalue weighted by atomic mass is 10.2. The maximum Gasteiger partial charge on any atom is 0.225 e. The minimum atomic E-state index is 0.703. The molecule has 1 heterocycles. The van der Waals surface area contributed by atoms with Gasteiger partial charge in [0.05, 0.1) is 0 Å². The molecule has 0 fully saturated rings. The van der Waals surface area contributed by atoms with Crippen LogP contribution in [0.2, 0.25) is 0 Å². The molecule has 1 aromatic carbocycles. The second kappa shape index (κ2) is 3.13. The second-order valence-corrected chi connectivity index (χ2v) is 2.35. The highest BCUT2D eigenvalue weighted by Crippen LogP contribution is 2.09. The molecule has 0 saturated carbocycles. The van der Waals surface area contributed by atoms with Crippen molar-refractivity contribution < 1.29 is 9.15 Å². The quantitative estimate of drug-likeness (QED) is 0.552. The lowest BCUT2D eigenvalue weighted by Crippen LogP contribution is -1.65. The average Bonchev–Trinajstić information content (AvgIpc) is 2.06. The van der Waals surface area contributed by atoms with Crippen LogP contribution in [0.1, 0.15) is 0 Å². The van der Waals surface area contributed by atoms with Crippen LogP contribution in [0.5, 0.6) is 0 Å². The summed E-state index contributed by atoms with van der Waals surface area (Å²) < 4.78 is 9.58. The summed E-state index contributed by atoms with van der Waals surface area (Å²) in [6.07, 6.45) is 2.49. The molecule has 1 aromatic heterocycles. The average molecular weight is 159 g/mol. The summed E-state index contributed by atoms with van der Waals surface area (Å²) in [5, 5.41) is 0.996. The molecule has 2 nitrogen and oxygen atoms in total. The van der Waals surface area contributed by atoms with E-state index in [2.05, 4.69) is 10.8 Å². The third kappa shape index (κ3) is 1.32. The Morgan fingerprint density at radius 2 is 1.83 bits per heavy atom. The van der Waals surface area contributed by atoms with E-state index in [1.165, 1.54) is 0 Å². The van der Waals surface area contributed by atoms with Crippen LogP contribution in [-0.4, -0.2) is 0 Å². The highest BCUT2D eigenvalue weighted by atomic mass is 17.0. The molecule has 0 atom stereocenters. The molecule has 0 aliphatic rings. The van der Waals surface area contributed by atoms with Crippen molar-refractivity contribution in [1.82, 2.24) is 0 Å². The van der Waals surface area contributed by atoms with Crippen LogP contribution in [0.4, 0.5) is 0 Å². The first kappa shape index (κ1) is 6.98. The SMILES string of the molecule is [c]1cccc2ccccc2oo1. The summed E-state index contributed by atoms with van der Waals surface area (Å²) >= 11 is 0. The number of hydrogen-bond acceptors (Lipinski definition) is 2. The summed E-state index contributed by atoms with van der Waals surface area (Å²) in [6, 6.07) is 13.1. The van der Waals surface area contributed by atoms with Crippen LogP contribution in [0.25, 0.3) is 11.0 Å². The predicted molar refractivity (Wildman–Crippen MR) is 44.9 cm³/mol. The Morgan fingerprint density at radius 3 is 2.83 bits per heavy atom. The Morgan fingerprint density at radius 1 is 1.00 bits per heavy atom. The van der Waals surface area contributed by atoms with Gasteiger partial charge in [-0.1, -0.05) is 30.3 Å². The number of hydrogen-bond donors (Lipinski definition) is 0. The van der Waals surface area contributed by atoms with Crippen molar-refractivity contribution in [3.63, 3.8) is 0 Å². The topological polar surface area (TPSA) is 26.3 Å². The Kier molecular flexibility index (Phi) is 1.82. The fourth-order valence-electron chi connectivity index (χ4n) is 0.982. The molecule has 0 N–H and O–H groups in total. The van der Waals surface area contributed by atoms with Crippen LogP contribution in [0, 0.1) is 6.26 Å². The van der Waals surface area contributed by atoms with Crippen molar-refractivity contribution >= 4 is 11.0 Å². The summed E-state index contributed by atoms with van der Waals surface area (Å²) in [4.78, 5) is 0. The van der Waals surface area contributed by atoms with Crippen molar-refractivity contribution in [2.75, 3.05) is 0 Å². The van der Waals surface area contributed by atoms with Crippen molar-refractivity contribution in [2.24, 2.45) is 0 Å². The van der Waals surface area contributed by atoms with Crippen molar-refractivity contribution in [3.05, 3.63) is 48.7 Å².